The number of thiazole rings is 1. The summed E-state index contributed by atoms with van der Waals surface area (Å²) in [5, 5.41) is 4.51. The predicted molar refractivity (Wildman–Crippen MR) is 96.8 cm³/mol. The van der Waals surface area contributed by atoms with Crippen LogP contribution >= 0.6 is 11.3 Å². The summed E-state index contributed by atoms with van der Waals surface area (Å²) in [6.07, 6.45) is -0.999. The molecule has 0 spiro atoms. The molecule has 8 nitrogen and oxygen atoms in total. The zero-order chi connectivity index (χ0) is 19.1. The van der Waals surface area contributed by atoms with Gasteiger partial charge in [-0.2, -0.15) is 0 Å². The number of esters is 2. The molecule has 1 amide bonds. The maximum atomic E-state index is 12.1. The molecule has 9 heteroatoms. The summed E-state index contributed by atoms with van der Waals surface area (Å²) in [5.74, 6) is -1.57. The number of ether oxygens (including phenoxy) is 2. The third-order valence-electron chi connectivity index (χ3n) is 3.19. The van der Waals surface area contributed by atoms with E-state index in [4.69, 9.17) is 15.2 Å². The summed E-state index contributed by atoms with van der Waals surface area (Å²) in [4.78, 5) is 39.7. The quantitative estimate of drug-likeness (QED) is 0.559. The van der Waals surface area contributed by atoms with Crippen LogP contribution in [-0.4, -0.2) is 35.5 Å². The summed E-state index contributed by atoms with van der Waals surface area (Å²) < 4.78 is 9.97. The number of benzene rings is 1. The molecule has 0 saturated carbocycles. The van der Waals surface area contributed by atoms with Crippen LogP contribution in [0.2, 0.25) is 0 Å². The van der Waals surface area contributed by atoms with Crippen LogP contribution in [0, 0.1) is 0 Å². The van der Waals surface area contributed by atoms with Crippen molar-refractivity contribution in [3.8, 4) is 0 Å². The topological polar surface area (TPSA) is 121 Å². The van der Waals surface area contributed by atoms with Gasteiger partial charge in [-0.3, -0.25) is 14.9 Å². The maximum absolute atomic E-state index is 12.1. The number of nitrogens with zero attached hydrogens (tertiary/aromatic N) is 1. The Balaban J connectivity index is 1.90. The SMILES string of the molecule is CCOC(=O)Cc1csc(NC(=O)C(C)OC(=O)c2cccc(N)c2)n1. The molecule has 1 heterocycles. The first-order chi connectivity index (χ1) is 12.4. The standard InChI is InChI=1S/C17H19N3O5S/c1-3-24-14(21)8-13-9-26-17(19-13)20-15(22)10(2)25-16(23)11-5-4-6-12(18)7-11/h4-7,9-10H,3,8,18H2,1-2H3,(H,19,20,22). The Labute approximate surface area is 154 Å². The largest absolute Gasteiger partial charge is 0.466 e. The van der Waals surface area contributed by atoms with Crippen LogP contribution in [0.4, 0.5) is 10.8 Å². The Morgan fingerprint density at radius 3 is 2.81 bits per heavy atom. The minimum atomic E-state index is -1.03. The lowest BCUT2D eigenvalue weighted by atomic mass is 10.2. The van der Waals surface area contributed by atoms with Gasteiger partial charge in [0.1, 0.15) is 0 Å². The number of nitrogen functional groups attached to an aromatic ring is 1. The van der Waals surface area contributed by atoms with Crippen LogP contribution in [0.3, 0.4) is 0 Å². The fraction of sp³-hybridized carbons (Fsp3) is 0.294. The van der Waals surface area contributed by atoms with E-state index >= 15 is 0 Å². The third-order valence-corrected chi connectivity index (χ3v) is 3.99. The van der Waals surface area contributed by atoms with Gasteiger partial charge in [-0.1, -0.05) is 6.07 Å². The van der Waals surface area contributed by atoms with Crippen molar-refractivity contribution in [3.63, 3.8) is 0 Å². The smallest absolute Gasteiger partial charge is 0.338 e. The first kappa shape index (κ1) is 19.4. The van der Waals surface area contributed by atoms with Gasteiger partial charge in [0.15, 0.2) is 11.2 Å². The van der Waals surface area contributed by atoms with Crippen LogP contribution in [0.15, 0.2) is 29.6 Å². The molecule has 1 aromatic carbocycles. The van der Waals surface area contributed by atoms with Crippen LogP contribution in [0.5, 0.6) is 0 Å². The van der Waals surface area contributed by atoms with Gasteiger partial charge < -0.3 is 15.2 Å². The molecule has 0 fully saturated rings. The molecule has 2 rings (SSSR count). The minimum absolute atomic E-state index is 0.0280. The van der Waals surface area contributed by atoms with Crippen molar-refractivity contribution in [1.29, 1.82) is 0 Å². The highest BCUT2D eigenvalue weighted by Gasteiger charge is 2.20. The van der Waals surface area contributed by atoms with Gasteiger partial charge in [-0.25, -0.2) is 9.78 Å². The molecule has 0 saturated heterocycles. The lowest BCUT2D eigenvalue weighted by Gasteiger charge is -2.12. The number of hydrogen-bond donors (Lipinski definition) is 2. The van der Waals surface area contributed by atoms with Crippen molar-refractivity contribution in [2.75, 3.05) is 17.7 Å². The molecular weight excluding hydrogens is 358 g/mol. The number of nitrogens with one attached hydrogen (secondary N) is 1. The van der Waals surface area contributed by atoms with Crippen molar-refractivity contribution >= 4 is 40.0 Å². The molecule has 2 aromatic rings. The van der Waals surface area contributed by atoms with Gasteiger partial charge in [-0.15, -0.1) is 11.3 Å². The first-order valence-corrected chi connectivity index (χ1v) is 8.74. The highest BCUT2D eigenvalue weighted by molar-refractivity contribution is 7.13. The van der Waals surface area contributed by atoms with Gasteiger partial charge in [0.05, 0.1) is 24.3 Å². The molecule has 0 radical (unpaired) electrons. The maximum Gasteiger partial charge on any atom is 0.338 e. The second-order valence-electron chi connectivity index (χ2n) is 5.29. The predicted octanol–water partition coefficient (Wildman–Crippen LogP) is 2.01. The van der Waals surface area contributed by atoms with Crippen LogP contribution < -0.4 is 11.1 Å². The van der Waals surface area contributed by atoms with Gasteiger partial charge >= 0.3 is 11.9 Å². The van der Waals surface area contributed by atoms with E-state index in [-0.39, 0.29) is 18.0 Å². The zero-order valence-electron chi connectivity index (χ0n) is 14.4. The van der Waals surface area contributed by atoms with E-state index in [1.54, 1.807) is 30.5 Å². The second-order valence-corrected chi connectivity index (χ2v) is 6.15. The zero-order valence-corrected chi connectivity index (χ0v) is 15.2. The molecule has 138 valence electrons. The number of rotatable bonds is 7. The highest BCUT2D eigenvalue weighted by atomic mass is 32.1. The Morgan fingerprint density at radius 2 is 2.12 bits per heavy atom. The molecule has 1 aromatic heterocycles. The molecule has 1 atom stereocenters. The minimum Gasteiger partial charge on any atom is -0.466 e. The number of carbonyl (C=O) groups excluding carboxylic acids is 3. The van der Waals surface area contributed by atoms with Gasteiger partial charge in [0.25, 0.3) is 5.91 Å². The van der Waals surface area contributed by atoms with Crippen molar-refractivity contribution in [3.05, 3.63) is 40.9 Å². The number of aromatic nitrogens is 1. The number of nitrogens with two attached hydrogens (primary N) is 1. The Kier molecular flexibility index (Phi) is 6.67. The van der Waals surface area contributed by atoms with E-state index in [2.05, 4.69) is 10.3 Å². The van der Waals surface area contributed by atoms with Crippen LogP contribution in [0.1, 0.15) is 29.9 Å². The number of hydrogen-bond acceptors (Lipinski definition) is 8. The molecule has 0 aliphatic rings. The Bertz CT molecular complexity index is 805. The molecule has 3 N–H and O–H groups in total. The van der Waals surface area contributed by atoms with Gasteiger partial charge in [0.2, 0.25) is 0 Å². The van der Waals surface area contributed by atoms with E-state index in [0.717, 1.165) is 11.3 Å². The van der Waals surface area contributed by atoms with Gasteiger partial charge in [-0.05, 0) is 32.0 Å². The number of anilines is 2. The van der Waals surface area contributed by atoms with Crippen molar-refractivity contribution < 1.29 is 23.9 Å². The number of carbonyl (C=O) groups is 3. The highest BCUT2D eigenvalue weighted by Crippen LogP contribution is 2.17. The third kappa shape index (κ3) is 5.55. The average Bonchev–Trinajstić information content (AvgIpc) is 3.01. The molecular formula is C17H19N3O5S. The lowest BCUT2D eigenvalue weighted by Crippen LogP contribution is -2.30. The van der Waals surface area contributed by atoms with E-state index in [1.807, 2.05) is 0 Å². The first-order valence-electron chi connectivity index (χ1n) is 7.86. The van der Waals surface area contributed by atoms with Crippen molar-refractivity contribution in [2.45, 2.75) is 26.4 Å². The summed E-state index contributed by atoms with van der Waals surface area (Å²) in [6, 6.07) is 6.28. The molecule has 0 aliphatic heterocycles. The van der Waals surface area contributed by atoms with E-state index < -0.39 is 18.0 Å². The van der Waals surface area contributed by atoms with Crippen molar-refractivity contribution in [2.24, 2.45) is 0 Å². The molecule has 0 bridgehead atoms. The lowest BCUT2D eigenvalue weighted by molar-refractivity contribution is -0.142. The Morgan fingerprint density at radius 1 is 1.35 bits per heavy atom. The van der Waals surface area contributed by atoms with E-state index in [9.17, 15) is 14.4 Å². The Hall–Kier alpha value is -2.94. The average molecular weight is 377 g/mol. The van der Waals surface area contributed by atoms with E-state index in [0.29, 0.717) is 23.1 Å². The summed E-state index contributed by atoms with van der Waals surface area (Å²) in [5.41, 5.74) is 6.80. The molecule has 0 aliphatic carbocycles. The van der Waals surface area contributed by atoms with Crippen molar-refractivity contribution in [1.82, 2.24) is 4.98 Å². The van der Waals surface area contributed by atoms with Crippen LogP contribution in [0.25, 0.3) is 0 Å². The second kappa shape index (κ2) is 8.95. The van der Waals surface area contributed by atoms with Gasteiger partial charge in [0, 0.05) is 11.1 Å². The molecule has 1 unspecified atom stereocenters. The fourth-order valence-electron chi connectivity index (χ4n) is 1.96. The summed E-state index contributed by atoms with van der Waals surface area (Å²) >= 11 is 1.16. The normalized spacial score (nSPS) is 11.5. The molecule has 26 heavy (non-hydrogen) atoms. The summed E-state index contributed by atoms with van der Waals surface area (Å²) in [7, 11) is 0. The van der Waals surface area contributed by atoms with Crippen LogP contribution in [-0.2, 0) is 25.5 Å². The monoisotopic (exact) mass is 377 g/mol. The van der Waals surface area contributed by atoms with E-state index in [1.165, 1.54) is 13.0 Å². The number of amides is 1. The summed E-state index contributed by atoms with van der Waals surface area (Å²) in [6.45, 7) is 3.46. The fourth-order valence-corrected chi connectivity index (χ4v) is 2.67.